The van der Waals surface area contributed by atoms with Crippen molar-refractivity contribution < 1.29 is 24.2 Å². The van der Waals surface area contributed by atoms with E-state index in [1.165, 1.54) is 0 Å². The molecule has 0 unspecified atom stereocenters. The van der Waals surface area contributed by atoms with Crippen LogP contribution in [0.1, 0.15) is 27.2 Å². The molecule has 1 fully saturated rings. The third-order valence-corrected chi connectivity index (χ3v) is 2.47. The number of carbonyl (C=O) groups excluding carboxylic acids is 2. The lowest BCUT2D eigenvalue weighted by Gasteiger charge is -2.21. The van der Waals surface area contributed by atoms with E-state index >= 15 is 0 Å². The molecule has 7 nitrogen and oxygen atoms in total. The molecule has 0 aromatic heterocycles. The predicted octanol–water partition coefficient (Wildman–Crippen LogP) is 0.710. The van der Waals surface area contributed by atoms with E-state index in [9.17, 15) is 14.4 Å². The highest BCUT2D eigenvalue weighted by molar-refractivity contribution is 5.96. The number of alkyl carbamates (subject to hydrolysis) is 1. The summed E-state index contributed by atoms with van der Waals surface area (Å²) in [5.74, 6) is -1.75. The number of rotatable bonds is 3. The average molecular weight is 270 g/mol. The fourth-order valence-corrected chi connectivity index (χ4v) is 1.65. The van der Waals surface area contributed by atoms with Crippen molar-refractivity contribution in [2.75, 3.05) is 6.54 Å². The first kappa shape index (κ1) is 15.0. The van der Waals surface area contributed by atoms with Crippen molar-refractivity contribution in [2.24, 2.45) is 0 Å². The standard InChI is InChI=1S/C12H18N2O5/c1-7(10(16)17)14-6-5-8(9(14)15)13-11(18)19-12(2,3)4/h8H,1,5-6H2,2-4H3,(H,13,18)(H,16,17)/t8-/m0/s1. The van der Waals surface area contributed by atoms with Crippen molar-refractivity contribution in [1.82, 2.24) is 10.2 Å². The van der Waals surface area contributed by atoms with Crippen molar-refractivity contribution in [3.05, 3.63) is 12.3 Å². The second kappa shape index (κ2) is 5.29. The fourth-order valence-electron chi connectivity index (χ4n) is 1.65. The van der Waals surface area contributed by atoms with Gasteiger partial charge < -0.3 is 20.1 Å². The molecular weight excluding hydrogens is 252 g/mol. The van der Waals surface area contributed by atoms with Gasteiger partial charge in [0.25, 0.3) is 0 Å². The van der Waals surface area contributed by atoms with Crippen LogP contribution in [0.15, 0.2) is 12.3 Å². The maximum absolute atomic E-state index is 11.9. The van der Waals surface area contributed by atoms with Gasteiger partial charge in [-0.25, -0.2) is 9.59 Å². The van der Waals surface area contributed by atoms with Crippen LogP contribution in [-0.4, -0.2) is 46.2 Å². The van der Waals surface area contributed by atoms with Gasteiger partial charge in [0, 0.05) is 6.54 Å². The van der Waals surface area contributed by atoms with E-state index in [1.807, 2.05) is 0 Å². The molecule has 1 aliphatic heterocycles. The molecule has 1 saturated heterocycles. The number of ether oxygens (including phenoxy) is 1. The predicted molar refractivity (Wildman–Crippen MR) is 66.3 cm³/mol. The normalized spacial score (nSPS) is 19.2. The zero-order chi connectivity index (χ0) is 14.8. The Labute approximate surface area is 111 Å². The van der Waals surface area contributed by atoms with Gasteiger partial charge in [0.05, 0.1) is 0 Å². The second-order valence-corrected chi connectivity index (χ2v) is 5.23. The Morgan fingerprint density at radius 2 is 2.05 bits per heavy atom. The van der Waals surface area contributed by atoms with Crippen molar-refractivity contribution in [3.8, 4) is 0 Å². The maximum atomic E-state index is 11.9. The van der Waals surface area contributed by atoms with Crippen LogP contribution in [0, 0.1) is 0 Å². The van der Waals surface area contributed by atoms with Crippen LogP contribution in [0.4, 0.5) is 4.79 Å². The van der Waals surface area contributed by atoms with Crippen LogP contribution in [0.3, 0.4) is 0 Å². The largest absolute Gasteiger partial charge is 0.477 e. The molecule has 1 rings (SSSR count). The summed E-state index contributed by atoms with van der Waals surface area (Å²) in [4.78, 5) is 35.2. The van der Waals surface area contributed by atoms with Crippen LogP contribution in [0.25, 0.3) is 0 Å². The topological polar surface area (TPSA) is 95.9 Å². The van der Waals surface area contributed by atoms with Gasteiger partial charge in [-0.1, -0.05) is 6.58 Å². The number of hydrogen-bond acceptors (Lipinski definition) is 4. The lowest BCUT2D eigenvalue weighted by Crippen LogP contribution is -2.44. The number of aliphatic carboxylic acids is 1. The van der Waals surface area contributed by atoms with E-state index in [2.05, 4.69) is 11.9 Å². The summed E-state index contributed by atoms with van der Waals surface area (Å²) in [6.07, 6.45) is -0.377. The summed E-state index contributed by atoms with van der Waals surface area (Å²) in [6.45, 7) is 8.66. The molecular formula is C12H18N2O5. The molecule has 1 aliphatic rings. The van der Waals surface area contributed by atoms with Crippen molar-refractivity contribution in [1.29, 1.82) is 0 Å². The lowest BCUT2D eigenvalue weighted by atomic mass is 10.2. The summed E-state index contributed by atoms with van der Waals surface area (Å²) in [6, 6.07) is -0.772. The number of hydrogen-bond donors (Lipinski definition) is 2. The number of carbonyl (C=O) groups is 3. The van der Waals surface area contributed by atoms with Crippen LogP contribution in [0.2, 0.25) is 0 Å². The minimum Gasteiger partial charge on any atom is -0.477 e. The van der Waals surface area contributed by atoms with E-state index in [1.54, 1.807) is 20.8 Å². The van der Waals surface area contributed by atoms with Crippen LogP contribution < -0.4 is 5.32 Å². The van der Waals surface area contributed by atoms with Gasteiger partial charge in [-0.2, -0.15) is 0 Å². The second-order valence-electron chi connectivity index (χ2n) is 5.23. The molecule has 0 aliphatic carbocycles. The molecule has 0 radical (unpaired) electrons. The highest BCUT2D eigenvalue weighted by atomic mass is 16.6. The zero-order valence-corrected chi connectivity index (χ0v) is 11.2. The zero-order valence-electron chi connectivity index (χ0n) is 11.2. The molecule has 0 aromatic rings. The summed E-state index contributed by atoms with van der Waals surface area (Å²) in [5.41, 5.74) is -0.950. The van der Waals surface area contributed by atoms with E-state index in [0.29, 0.717) is 6.42 Å². The molecule has 19 heavy (non-hydrogen) atoms. The van der Waals surface area contributed by atoms with Gasteiger partial charge in [-0.15, -0.1) is 0 Å². The summed E-state index contributed by atoms with van der Waals surface area (Å²) in [7, 11) is 0. The summed E-state index contributed by atoms with van der Waals surface area (Å²) < 4.78 is 5.03. The molecule has 0 spiro atoms. The average Bonchev–Trinajstić information content (AvgIpc) is 2.56. The van der Waals surface area contributed by atoms with Gasteiger partial charge in [0.2, 0.25) is 5.91 Å². The first-order valence-electron chi connectivity index (χ1n) is 5.85. The number of nitrogens with zero attached hydrogens (tertiary/aromatic N) is 1. The molecule has 7 heteroatoms. The maximum Gasteiger partial charge on any atom is 0.408 e. The Hall–Kier alpha value is -2.05. The van der Waals surface area contributed by atoms with Crippen LogP contribution in [-0.2, 0) is 14.3 Å². The Morgan fingerprint density at radius 3 is 2.53 bits per heavy atom. The van der Waals surface area contributed by atoms with Crippen molar-refractivity contribution in [3.63, 3.8) is 0 Å². The van der Waals surface area contributed by atoms with E-state index < -0.39 is 29.6 Å². The lowest BCUT2D eigenvalue weighted by molar-refractivity contribution is -0.138. The van der Waals surface area contributed by atoms with Crippen LogP contribution in [0.5, 0.6) is 0 Å². The molecule has 2 amide bonds. The fraction of sp³-hybridized carbons (Fsp3) is 0.583. The summed E-state index contributed by atoms with van der Waals surface area (Å²) >= 11 is 0. The number of carboxylic acid groups (broad SMARTS) is 1. The molecule has 2 N–H and O–H groups in total. The van der Waals surface area contributed by atoms with Gasteiger partial charge >= 0.3 is 12.1 Å². The Morgan fingerprint density at radius 1 is 1.47 bits per heavy atom. The third kappa shape index (κ3) is 3.97. The van der Waals surface area contributed by atoms with E-state index in [0.717, 1.165) is 4.90 Å². The number of nitrogens with one attached hydrogen (secondary N) is 1. The van der Waals surface area contributed by atoms with Gasteiger partial charge in [-0.3, -0.25) is 4.79 Å². The Balaban J connectivity index is 2.60. The van der Waals surface area contributed by atoms with Crippen LogP contribution >= 0.6 is 0 Å². The highest BCUT2D eigenvalue weighted by Gasteiger charge is 2.36. The van der Waals surface area contributed by atoms with Crippen molar-refractivity contribution in [2.45, 2.75) is 38.8 Å². The SMILES string of the molecule is C=C(C(=O)O)N1CC[C@H](NC(=O)OC(C)(C)C)C1=O. The Bertz CT molecular complexity index is 424. The van der Waals surface area contributed by atoms with E-state index in [-0.39, 0.29) is 12.2 Å². The molecule has 0 aromatic carbocycles. The minimum atomic E-state index is -1.26. The smallest absolute Gasteiger partial charge is 0.408 e. The molecule has 106 valence electrons. The molecule has 0 saturated carbocycles. The number of carboxylic acids is 1. The quantitative estimate of drug-likeness (QED) is 0.736. The monoisotopic (exact) mass is 270 g/mol. The molecule has 1 heterocycles. The highest BCUT2D eigenvalue weighted by Crippen LogP contribution is 2.17. The van der Waals surface area contributed by atoms with Gasteiger partial charge in [0.15, 0.2) is 0 Å². The van der Waals surface area contributed by atoms with Crippen molar-refractivity contribution >= 4 is 18.0 Å². The summed E-state index contributed by atoms with van der Waals surface area (Å²) in [5, 5.41) is 11.2. The first-order chi connectivity index (χ1) is 8.61. The molecule has 0 bridgehead atoms. The van der Waals surface area contributed by atoms with E-state index in [4.69, 9.17) is 9.84 Å². The molecule has 1 atom stereocenters. The number of amides is 2. The number of likely N-dealkylation sites (tertiary alicyclic amines) is 1. The minimum absolute atomic E-state index is 0.213. The first-order valence-corrected chi connectivity index (χ1v) is 5.85. The third-order valence-electron chi connectivity index (χ3n) is 2.47. The van der Waals surface area contributed by atoms with Gasteiger partial charge in [0.1, 0.15) is 17.3 Å². The van der Waals surface area contributed by atoms with Gasteiger partial charge in [-0.05, 0) is 27.2 Å². The Kier molecular flexibility index (Phi) is 4.18.